The summed E-state index contributed by atoms with van der Waals surface area (Å²) in [5.41, 5.74) is 10.5. The highest BCUT2D eigenvalue weighted by atomic mass is 32.1. The molecule has 3 aromatic carbocycles. The van der Waals surface area contributed by atoms with Gasteiger partial charge in [-0.25, -0.2) is 0 Å². The fourth-order valence-electron chi connectivity index (χ4n) is 2.67. The second kappa shape index (κ2) is 6.26. The first-order chi connectivity index (χ1) is 11.8. The van der Waals surface area contributed by atoms with Gasteiger partial charge in [0.2, 0.25) is 0 Å². The van der Waals surface area contributed by atoms with E-state index in [4.69, 9.17) is 5.73 Å². The van der Waals surface area contributed by atoms with Crippen LogP contribution in [0.3, 0.4) is 0 Å². The number of hydrogen-bond donors (Lipinski definition) is 1. The lowest BCUT2D eigenvalue weighted by Crippen LogP contribution is -2.27. The van der Waals surface area contributed by atoms with Gasteiger partial charge in [0.25, 0.3) is 0 Å². The van der Waals surface area contributed by atoms with E-state index < -0.39 is 0 Å². The lowest BCUT2D eigenvalue weighted by Gasteiger charge is -2.02. The van der Waals surface area contributed by atoms with Gasteiger partial charge in [0.05, 0.1) is 5.56 Å². The second-order valence-electron chi connectivity index (χ2n) is 5.44. The number of para-hydroxylation sites is 1. The topological polar surface area (TPSA) is 42.8 Å². The molecule has 2 N–H and O–H groups in total. The van der Waals surface area contributed by atoms with Gasteiger partial charge in [-0.1, -0.05) is 60.7 Å². The normalized spacial score (nSPS) is 10.7. The van der Waals surface area contributed by atoms with Gasteiger partial charge in [-0.2, -0.15) is 0 Å². The van der Waals surface area contributed by atoms with Gasteiger partial charge >= 0.3 is 11.0 Å². The zero-order valence-corrected chi connectivity index (χ0v) is 13.8. The van der Waals surface area contributed by atoms with Gasteiger partial charge in [-0.3, -0.25) is 0 Å². The number of nitrogens with zero attached hydrogens (tertiary/aromatic N) is 2. The Kier molecular flexibility index (Phi) is 3.81. The highest BCUT2D eigenvalue weighted by Gasteiger charge is 2.22. The predicted octanol–water partition coefficient (Wildman–Crippen LogP) is 4.34. The first-order valence-corrected chi connectivity index (χ1v) is 8.49. The van der Waals surface area contributed by atoms with Crippen LogP contribution in [0.5, 0.6) is 0 Å². The molecule has 0 fully saturated rings. The number of rotatable bonds is 3. The monoisotopic (exact) mass is 330 g/mol. The summed E-state index contributed by atoms with van der Waals surface area (Å²) in [7, 11) is 0. The van der Waals surface area contributed by atoms with Crippen LogP contribution in [-0.4, -0.2) is 4.98 Å². The Hall–Kier alpha value is -2.98. The van der Waals surface area contributed by atoms with E-state index in [0.29, 0.717) is 5.13 Å². The first-order valence-electron chi connectivity index (χ1n) is 7.71. The average Bonchev–Trinajstić information content (AvgIpc) is 3.05. The van der Waals surface area contributed by atoms with Crippen LogP contribution in [0.1, 0.15) is 0 Å². The molecule has 4 heteroatoms. The molecule has 0 saturated heterocycles. The third kappa shape index (κ3) is 2.79. The van der Waals surface area contributed by atoms with E-state index in [1.165, 1.54) is 22.7 Å². The average molecular weight is 330 g/mol. The van der Waals surface area contributed by atoms with E-state index in [2.05, 4.69) is 57.5 Å². The number of benzene rings is 3. The van der Waals surface area contributed by atoms with Gasteiger partial charge in [0.15, 0.2) is 0 Å². The van der Waals surface area contributed by atoms with E-state index in [1.807, 2.05) is 36.4 Å². The molecule has 4 aromatic rings. The van der Waals surface area contributed by atoms with Crippen LogP contribution in [0.25, 0.3) is 28.2 Å². The first kappa shape index (κ1) is 14.6. The van der Waals surface area contributed by atoms with Gasteiger partial charge in [0.1, 0.15) is 17.2 Å². The maximum absolute atomic E-state index is 5.96. The summed E-state index contributed by atoms with van der Waals surface area (Å²) < 4.78 is 2.06. The molecule has 0 saturated carbocycles. The molecule has 0 radical (unpaired) electrons. The standard InChI is InChI=1S/C20H15N3S/c21-20-22-19(23(24-20)18-9-5-2-6-10-18)17-13-11-16(12-14-17)15-7-3-1-4-8-15/h1-14,21H/p+1. The van der Waals surface area contributed by atoms with Crippen molar-refractivity contribution in [1.29, 1.82) is 0 Å². The third-order valence-electron chi connectivity index (χ3n) is 3.83. The van der Waals surface area contributed by atoms with Crippen molar-refractivity contribution in [3.63, 3.8) is 0 Å². The zero-order chi connectivity index (χ0) is 16.4. The van der Waals surface area contributed by atoms with Crippen molar-refractivity contribution in [2.75, 3.05) is 5.73 Å². The van der Waals surface area contributed by atoms with Crippen molar-refractivity contribution >= 4 is 16.7 Å². The molecule has 4 rings (SSSR count). The summed E-state index contributed by atoms with van der Waals surface area (Å²) in [6.45, 7) is 0. The van der Waals surface area contributed by atoms with Crippen molar-refractivity contribution in [3.05, 3.63) is 84.9 Å². The van der Waals surface area contributed by atoms with Gasteiger partial charge in [-0.15, -0.1) is 3.96 Å². The van der Waals surface area contributed by atoms with Crippen molar-refractivity contribution < 1.29 is 3.96 Å². The zero-order valence-electron chi connectivity index (χ0n) is 13.0. The van der Waals surface area contributed by atoms with Crippen molar-refractivity contribution in [2.24, 2.45) is 0 Å². The maximum Gasteiger partial charge on any atom is 0.350 e. The third-order valence-corrected chi connectivity index (χ3v) is 4.68. The molecule has 0 atom stereocenters. The van der Waals surface area contributed by atoms with Gasteiger partial charge < -0.3 is 5.73 Å². The Morgan fingerprint density at radius 1 is 0.667 bits per heavy atom. The van der Waals surface area contributed by atoms with Crippen LogP contribution in [0, 0.1) is 0 Å². The minimum atomic E-state index is 0.556. The van der Waals surface area contributed by atoms with E-state index >= 15 is 0 Å². The number of aromatic nitrogens is 2. The van der Waals surface area contributed by atoms with Crippen molar-refractivity contribution in [2.45, 2.75) is 0 Å². The summed E-state index contributed by atoms with van der Waals surface area (Å²) in [5, 5.41) is 0.556. The minimum absolute atomic E-state index is 0.556. The highest BCUT2D eigenvalue weighted by molar-refractivity contribution is 7.05. The lowest BCUT2D eigenvalue weighted by molar-refractivity contribution is -0.509. The summed E-state index contributed by atoms with van der Waals surface area (Å²) >= 11 is 1.45. The highest BCUT2D eigenvalue weighted by Crippen LogP contribution is 2.24. The number of hydrogen-bond acceptors (Lipinski definition) is 3. The summed E-state index contributed by atoms with van der Waals surface area (Å²) in [5.74, 6) is 0.864. The molecule has 0 bridgehead atoms. The Morgan fingerprint density at radius 3 is 1.88 bits per heavy atom. The molecule has 3 nitrogen and oxygen atoms in total. The molecule has 0 aliphatic rings. The van der Waals surface area contributed by atoms with Gasteiger partial charge in [0, 0.05) is 0 Å². The Morgan fingerprint density at radius 2 is 1.21 bits per heavy atom. The van der Waals surface area contributed by atoms with Crippen molar-refractivity contribution in [1.82, 2.24) is 4.98 Å². The fourth-order valence-corrected chi connectivity index (χ4v) is 3.44. The largest absolute Gasteiger partial charge is 0.351 e. The molecule has 24 heavy (non-hydrogen) atoms. The van der Waals surface area contributed by atoms with Crippen LogP contribution >= 0.6 is 11.5 Å². The number of nitrogens with two attached hydrogens (primary N) is 1. The SMILES string of the molecule is Nc1nc(-c2ccc(-c3ccccc3)cc2)[n+](-c2ccccc2)s1. The molecule has 0 aliphatic heterocycles. The Labute approximate surface area is 144 Å². The summed E-state index contributed by atoms with van der Waals surface area (Å²) in [4.78, 5) is 4.52. The number of anilines is 1. The van der Waals surface area contributed by atoms with Crippen LogP contribution in [-0.2, 0) is 0 Å². The van der Waals surface area contributed by atoms with Gasteiger partial charge in [-0.05, 0) is 40.4 Å². The molecule has 1 aromatic heterocycles. The fraction of sp³-hybridized carbons (Fsp3) is 0. The van der Waals surface area contributed by atoms with Crippen molar-refractivity contribution in [3.8, 4) is 28.2 Å². The second-order valence-corrected chi connectivity index (χ2v) is 6.40. The molecular weight excluding hydrogens is 314 g/mol. The Bertz CT molecular complexity index is 945. The predicted molar refractivity (Wildman–Crippen MR) is 98.9 cm³/mol. The molecule has 0 amide bonds. The van der Waals surface area contributed by atoms with Crippen LogP contribution in [0.4, 0.5) is 5.13 Å². The maximum atomic E-state index is 5.96. The molecule has 116 valence electrons. The molecule has 0 spiro atoms. The van der Waals surface area contributed by atoms with E-state index in [0.717, 1.165) is 17.1 Å². The Balaban J connectivity index is 1.75. The van der Waals surface area contributed by atoms with E-state index in [-0.39, 0.29) is 0 Å². The van der Waals surface area contributed by atoms with Crippen LogP contribution in [0.2, 0.25) is 0 Å². The lowest BCUT2D eigenvalue weighted by atomic mass is 10.0. The number of nitrogen functional groups attached to an aromatic ring is 1. The van der Waals surface area contributed by atoms with E-state index in [1.54, 1.807) is 0 Å². The molecule has 1 heterocycles. The quantitative estimate of drug-likeness (QED) is 0.568. The molecule has 0 aliphatic carbocycles. The minimum Gasteiger partial charge on any atom is -0.351 e. The van der Waals surface area contributed by atoms with Crippen LogP contribution < -0.4 is 9.69 Å². The molecule has 0 unspecified atom stereocenters. The van der Waals surface area contributed by atoms with E-state index in [9.17, 15) is 0 Å². The van der Waals surface area contributed by atoms with Crippen LogP contribution in [0.15, 0.2) is 84.9 Å². The summed E-state index contributed by atoms with van der Waals surface area (Å²) in [6, 6.07) is 28.9. The molecular formula is C20H16N3S+. The smallest absolute Gasteiger partial charge is 0.350 e. The summed E-state index contributed by atoms with van der Waals surface area (Å²) in [6.07, 6.45) is 0.